The molecule has 0 radical (unpaired) electrons. The summed E-state index contributed by atoms with van der Waals surface area (Å²) in [6.07, 6.45) is 0. The van der Waals surface area contributed by atoms with Gasteiger partial charge in [0.2, 0.25) is 5.88 Å². The lowest BCUT2D eigenvalue weighted by atomic mass is 9.99. The highest BCUT2D eigenvalue weighted by atomic mass is 19.1. The van der Waals surface area contributed by atoms with Gasteiger partial charge < -0.3 is 19.9 Å². The van der Waals surface area contributed by atoms with Crippen LogP contribution < -0.4 is 19.9 Å². The molecule has 0 saturated carbocycles. The zero-order valence-electron chi connectivity index (χ0n) is 13.3. The van der Waals surface area contributed by atoms with Crippen molar-refractivity contribution in [3.05, 3.63) is 24.0 Å². The number of pyridine rings is 1. The number of para-hydroxylation sites is 1. The van der Waals surface area contributed by atoms with Gasteiger partial charge in [-0.05, 0) is 13.0 Å². The smallest absolute Gasteiger partial charge is 0.251 e. The number of ether oxygens (including phenoxy) is 1. The number of fused-ring (bicyclic) bond motifs is 4. The normalized spacial score (nSPS) is 25.3. The summed E-state index contributed by atoms with van der Waals surface area (Å²) in [5, 5.41) is 4.10. The lowest BCUT2D eigenvalue weighted by Gasteiger charge is -2.48. The van der Waals surface area contributed by atoms with Crippen molar-refractivity contribution in [3.8, 4) is 5.88 Å². The number of nitrogens with zero attached hydrogens (tertiary/aromatic N) is 3. The third-order valence-corrected chi connectivity index (χ3v) is 5.05. The van der Waals surface area contributed by atoms with E-state index in [0.29, 0.717) is 43.3 Å². The average Bonchev–Trinajstić information content (AvgIpc) is 2.59. The molecule has 1 amide bonds. The summed E-state index contributed by atoms with van der Waals surface area (Å²) in [4.78, 5) is 21.2. The maximum Gasteiger partial charge on any atom is 0.251 e. The first kappa shape index (κ1) is 14.0. The number of carbonyl (C=O) groups is 1. The van der Waals surface area contributed by atoms with Crippen molar-refractivity contribution in [2.45, 2.75) is 19.0 Å². The molecule has 1 aromatic carbocycles. The molecule has 1 aromatic heterocycles. The van der Waals surface area contributed by atoms with Gasteiger partial charge in [-0.15, -0.1) is 0 Å². The molecule has 5 rings (SSSR count). The molecule has 1 saturated heterocycles. The lowest BCUT2D eigenvalue weighted by Crippen LogP contribution is -2.65. The Bertz CT molecular complexity index is 871. The van der Waals surface area contributed by atoms with Gasteiger partial charge in [-0.25, -0.2) is 9.37 Å². The Morgan fingerprint density at radius 3 is 3.12 bits per heavy atom. The van der Waals surface area contributed by atoms with Gasteiger partial charge in [0, 0.05) is 24.5 Å². The van der Waals surface area contributed by atoms with Gasteiger partial charge in [0.05, 0.1) is 12.2 Å². The predicted molar refractivity (Wildman–Crippen MR) is 88.1 cm³/mol. The van der Waals surface area contributed by atoms with E-state index in [9.17, 15) is 9.18 Å². The van der Waals surface area contributed by atoms with Crippen molar-refractivity contribution >= 4 is 28.2 Å². The van der Waals surface area contributed by atoms with Gasteiger partial charge in [0.25, 0.3) is 5.91 Å². The maximum atomic E-state index is 14.3. The van der Waals surface area contributed by atoms with E-state index in [0.717, 1.165) is 11.1 Å². The van der Waals surface area contributed by atoms with Crippen molar-refractivity contribution in [2.24, 2.45) is 0 Å². The molecule has 7 heteroatoms. The Hall–Kier alpha value is -2.41. The first-order chi connectivity index (χ1) is 11.6. The number of hydrogen-bond acceptors (Lipinski definition) is 5. The summed E-state index contributed by atoms with van der Waals surface area (Å²) in [7, 11) is 0. The van der Waals surface area contributed by atoms with Gasteiger partial charge in [-0.1, -0.05) is 12.1 Å². The number of piperazine rings is 1. The summed E-state index contributed by atoms with van der Waals surface area (Å²) in [5.41, 5.74) is 1.86. The number of benzene rings is 1. The van der Waals surface area contributed by atoms with Crippen LogP contribution in [0.1, 0.15) is 6.92 Å². The van der Waals surface area contributed by atoms with Crippen LogP contribution in [0, 0.1) is 5.82 Å². The van der Waals surface area contributed by atoms with E-state index in [-0.39, 0.29) is 23.8 Å². The van der Waals surface area contributed by atoms with Crippen molar-refractivity contribution in [1.82, 2.24) is 10.3 Å². The fourth-order valence-corrected chi connectivity index (χ4v) is 3.96. The molecule has 1 N–H and O–H groups in total. The molecular weight excluding hydrogens is 311 g/mol. The van der Waals surface area contributed by atoms with Crippen LogP contribution in [0.3, 0.4) is 0 Å². The standard InChI is InChI=1S/C17H17FN4O2/c1-9-8-22-12(7-19-9)17(23)21-5-6-24-16-15(21)14(22)10-3-2-4-11(18)13(10)20-16/h2-4,9,12,19H,5-8H2,1H3. The highest BCUT2D eigenvalue weighted by Crippen LogP contribution is 2.48. The zero-order valence-corrected chi connectivity index (χ0v) is 13.3. The zero-order chi connectivity index (χ0) is 16.4. The summed E-state index contributed by atoms with van der Waals surface area (Å²) in [5.74, 6) is 0.0414. The molecule has 2 aromatic rings. The molecule has 4 heterocycles. The number of rotatable bonds is 0. The lowest BCUT2D eigenvalue weighted by molar-refractivity contribution is -0.120. The number of amides is 1. The van der Waals surface area contributed by atoms with Crippen LogP contribution in [-0.2, 0) is 4.79 Å². The largest absolute Gasteiger partial charge is 0.474 e. The van der Waals surface area contributed by atoms with Gasteiger partial charge in [-0.3, -0.25) is 4.79 Å². The van der Waals surface area contributed by atoms with Crippen LogP contribution in [0.15, 0.2) is 18.2 Å². The van der Waals surface area contributed by atoms with Gasteiger partial charge in [0.15, 0.2) is 0 Å². The van der Waals surface area contributed by atoms with E-state index in [1.165, 1.54) is 6.07 Å². The molecule has 3 aliphatic heterocycles. The molecule has 2 unspecified atom stereocenters. The van der Waals surface area contributed by atoms with Crippen molar-refractivity contribution < 1.29 is 13.9 Å². The minimum Gasteiger partial charge on any atom is -0.474 e. The first-order valence-electron chi connectivity index (χ1n) is 8.21. The molecule has 0 bridgehead atoms. The fraction of sp³-hybridized carbons (Fsp3) is 0.412. The molecule has 0 aliphatic carbocycles. The second kappa shape index (κ2) is 4.80. The molecule has 6 nitrogen and oxygen atoms in total. The second-order valence-corrected chi connectivity index (χ2v) is 6.57. The number of anilines is 2. The number of carbonyl (C=O) groups excluding carboxylic acids is 1. The Kier molecular flexibility index (Phi) is 2.79. The number of halogens is 1. The van der Waals surface area contributed by atoms with E-state index in [1.807, 2.05) is 6.07 Å². The molecular formula is C17H17FN4O2. The summed E-state index contributed by atoms with van der Waals surface area (Å²) in [6, 6.07) is 4.94. The highest BCUT2D eigenvalue weighted by molar-refractivity contribution is 6.13. The summed E-state index contributed by atoms with van der Waals surface area (Å²) in [6.45, 7) is 4.24. The van der Waals surface area contributed by atoms with Crippen LogP contribution in [0.4, 0.5) is 15.8 Å². The van der Waals surface area contributed by atoms with E-state index >= 15 is 0 Å². The van der Waals surface area contributed by atoms with Crippen molar-refractivity contribution in [3.63, 3.8) is 0 Å². The van der Waals surface area contributed by atoms with Gasteiger partial charge >= 0.3 is 0 Å². The monoisotopic (exact) mass is 328 g/mol. The van der Waals surface area contributed by atoms with Gasteiger partial charge in [-0.2, -0.15) is 0 Å². The third-order valence-electron chi connectivity index (χ3n) is 5.05. The molecule has 1 fully saturated rings. The summed E-state index contributed by atoms with van der Waals surface area (Å²) < 4.78 is 20.0. The number of hydrogen-bond donors (Lipinski definition) is 1. The van der Waals surface area contributed by atoms with Gasteiger partial charge in [0.1, 0.15) is 29.7 Å². The van der Waals surface area contributed by atoms with E-state index in [1.54, 1.807) is 11.0 Å². The molecule has 24 heavy (non-hydrogen) atoms. The topological polar surface area (TPSA) is 57.7 Å². The minimum absolute atomic E-state index is 0.0593. The van der Waals surface area contributed by atoms with E-state index < -0.39 is 0 Å². The van der Waals surface area contributed by atoms with Crippen LogP contribution in [0.2, 0.25) is 0 Å². The van der Waals surface area contributed by atoms with Crippen LogP contribution in [0.25, 0.3) is 10.9 Å². The second-order valence-electron chi connectivity index (χ2n) is 6.57. The predicted octanol–water partition coefficient (Wildman–Crippen LogP) is 1.28. The Morgan fingerprint density at radius 2 is 2.25 bits per heavy atom. The van der Waals surface area contributed by atoms with Crippen molar-refractivity contribution in [1.29, 1.82) is 0 Å². The molecule has 0 spiro atoms. The van der Waals surface area contributed by atoms with Crippen LogP contribution in [-0.4, -0.2) is 49.2 Å². The molecule has 2 atom stereocenters. The van der Waals surface area contributed by atoms with E-state index in [4.69, 9.17) is 4.74 Å². The molecule has 124 valence electrons. The average molecular weight is 328 g/mol. The highest BCUT2D eigenvalue weighted by Gasteiger charge is 2.45. The third kappa shape index (κ3) is 1.73. The minimum atomic E-state index is -0.371. The maximum absolute atomic E-state index is 14.3. The summed E-state index contributed by atoms with van der Waals surface area (Å²) >= 11 is 0. The Labute approximate surface area is 138 Å². The van der Waals surface area contributed by atoms with Crippen molar-refractivity contribution in [2.75, 3.05) is 36.0 Å². The number of nitrogens with one attached hydrogen (secondary N) is 1. The fourth-order valence-electron chi connectivity index (χ4n) is 3.96. The van der Waals surface area contributed by atoms with Crippen LogP contribution >= 0.6 is 0 Å². The Balaban J connectivity index is 1.86. The number of aromatic nitrogens is 1. The SMILES string of the molecule is CC1CN2c3c4c(nc5c(F)cccc35)OCCN4C(=O)C2CN1. The quantitative estimate of drug-likeness (QED) is 0.789. The Morgan fingerprint density at radius 1 is 1.38 bits per heavy atom. The molecule has 3 aliphatic rings. The van der Waals surface area contributed by atoms with E-state index in [2.05, 4.69) is 22.1 Å². The van der Waals surface area contributed by atoms with Crippen LogP contribution in [0.5, 0.6) is 5.88 Å². The first-order valence-corrected chi connectivity index (χ1v) is 8.21.